The highest BCUT2D eigenvalue weighted by atomic mass is 32.1. The van der Waals surface area contributed by atoms with E-state index in [1.807, 2.05) is 6.92 Å². The van der Waals surface area contributed by atoms with Crippen molar-refractivity contribution in [2.75, 3.05) is 18.1 Å². The predicted molar refractivity (Wildman–Crippen MR) is 63.5 cm³/mol. The van der Waals surface area contributed by atoms with Gasteiger partial charge in [-0.05, 0) is 18.6 Å². The third-order valence-corrected chi connectivity index (χ3v) is 1.93. The Morgan fingerprint density at radius 3 is 2.73 bits per heavy atom. The molecule has 0 aliphatic rings. The Bertz CT molecular complexity index is 353. The average Bonchev–Trinajstić information content (AvgIpc) is 2.17. The highest BCUT2D eigenvalue weighted by molar-refractivity contribution is 7.80. The summed E-state index contributed by atoms with van der Waals surface area (Å²) in [6.45, 7) is 2.05. The zero-order valence-electron chi connectivity index (χ0n) is 8.74. The second-order valence-electron chi connectivity index (χ2n) is 2.89. The van der Waals surface area contributed by atoms with Crippen molar-refractivity contribution in [3.63, 3.8) is 0 Å². The van der Waals surface area contributed by atoms with E-state index in [0.29, 0.717) is 16.9 Å². The Hall–Kier alpha value is -1.50. The van der Waals surface area contributed by atoms with Gasteiger partial charge in [0.1, 0.15) is 5.82 Å². The molecule has 1 aromatic heterocycles. The van der Waals surface area contributed by atoms with Gasteiger partial charge in [-0.1, -0.05) is 6.92 Å². The molecule has 0 atom stereocenters. The maximum atomic E-state index is 5.54. The van der Waals surface area contributed by atoms with Crippen molar-refractivity contribution in [2.24, 2.45) is 0 Å². The van der Waals surface area contributed by atoms with Crippen LogP contribution in [0.25, 0.3) is 0 Å². The molecular weight excluding hydrogens is 212 g/mol. The van der Waals surface area contributed by atoms with Gasteiger partial charge in [0.15, 0.2) is 5.11 Å². The van der Waals surface area contributed by atoms with E-state index in [1.54, 1.807) is 7.05 Å². The fourth-order valence-electron chi connectivity index (χ4n) is 0.993. The third-order valence-electron chi connectivity index (χ3n) is 1.63. The fourth-order valence-corrected chi connectivity index (χ4v) is 1.08. The molecule has 0 saturated heterocycles. The van der Waals surface area contributed by atoms with Crippen molar-refractivity contribution in [3.8, 4) is 0 Å². The van der Waals surface area contributed by atoms with Crippen LogP contribution in [-0.2, 0) is 6.42 Å². The zero-order valence-corrected chi connectivity index (χ0v) is 9.56. The largest absolute Gasteiger partial charge is 0.368 e. The lowest BCUT2D eigenvalue weighted by molar-refractivity contribution is 0.825. The Labute approximate surface area is 93.7 Å². The van der Waals surface area contributed by atoms with Gasteiger partial charge < -0.3 is 16.4 Å². The molecule has 0 aliphatic heterocycles. The molecule has 7 heteroatoms. The molecule has 0 radical (unpaired) electrons. The monoisotopic (exact) mass is 226 g/mol. The van der Waals surface area contributed by atoms with Gasteiger partial charge in [0.2, 0.25) is 11.9 Å². The van der Waals surface area contributed by atoms with Crippen LogP contribution >= 0.6 is 12.2 Å². The molecule has 0 amide bonds. The molecule has 0 spiro atoms. The molecule has 6 nitrogen and oxygen atoms in total. The summed E-state index contributed by atoms with van der Waals surface area (Å²) in [5, 5.41) is 6.02. The second-order valence-corrected chi connectivity index (χ2v) is 3.30. The third kappa shape index (κ3) is 3.62. The van der Waals surface area contributed by atoms with Gasteiger partial charge in [-0.25, -0.2) is 0 Å². The van der Waals surface area contributed by atoms with E-state index >= 15 is 0 Å². The van der Waals surface area contributed by atoms with Gasteiger partial charge in [0.05, 0.1) is 0 Å². The highest BCUT2D eigenvalue weighted by Gasteiger charge is 2.04. The maximum Gasteiger partial charge on any atom is 0.234 e. The normalized spacial score (nSPS) is 9.73. The number of aryl methyl sites for hydroxylation is 1. The molecule has 0 aromatic carbocycles. The van der Waals surface area contributed by atoms with E-state index < -0.39 is 0 Å². The van der Waals surface area contributed by atoms with Crippen LogP contribution in [0.15, 0.2) is 0 Å². The van der Waals surface area contributed by atoms with Crippen molar-refractivity contribution in [3.05, 3.63) is 5.82 Å². The number of thiocarbonyl (C=S) groups is 1. The summed E-state index contributed by atoms with van der Waals surface area (Å²) >= 11 is 4.92. The summed E-state index contributed by atoms with van der Waals surface area (Å²) in [6, 6.07) is 0. The van der Waals surface area contributed by atoms with Crippen molar-refractivity contribution in [1.82, 2.24) is 20.3 Å². The van der Waals surface area contributed by atoms with Crippen molar-refractivity contribution < 1.29 is 0 Å². The number of hydrogen-bond donors (Lipinski definition) is 3. The average molecular weight is 226 g/mol. The first-order chi connectivity index (χ1) is 7.15. The minimum atomic E-state index is 0.204. The van der Waals surface area contributed by atoms with E-state index in [4.69, 9.17) is 18.0 Å². The number of nitrogens with zero attached hydrogens (tertiary/aromatic N) is 3. The minimum Gasteiger partial charge on any atom is -0.368 e. The van der Waals surface area contributed by atoms with E-state index in [1.165, 1.54) is 0 Å². The smallest absolute Gasteiger partial charge is 0.234 e. The van der Waals surface area contributed by atoms with Crippen LogP contribution < -0.4 is 16.4 Å². The van der Waals surface area contributed by atoms with Crippen LogP contribution in [0, 0.1) is 0 Å². The fraction of sp³-hybridized carbons (Fsp3) is 0.500. The van der Waals surface area contributed by atoms with E-state index in [0.717, 1.165) is 12.8 Å². The number of nitrogen functional groups attached to an aromatic ring is 1. The summed E-state index contributed by atoms with van der Waals surface area (Å²) in [5.41, 5.74) is 5.54. The van der Waals surface area contributed by atoms with Gasteiger partial charge in [-0.15, -0.1) is 0 Å². The first kappa shape index (κ1) is 11.6. The van der Waals surface area contributed by atoms with Gasteiger partial charge in [-0.2, -0.15) is 15.0 Å². The van der Waals surface area contributed by atoms with Crippen molar-refractivity contribution >= 4 is 29.2 Å². The lowest BCUT2D eigenvalue weighted by Crippen LogP contribution is -2.25. The summed E-state index contributed by atoms with van der Waals surface area (Å²) < 4.78 is 0. The SMILES string of the molecule is CCCc1nc(N)nc(NC(=S)NC)n1. The first-order valence-electron chi connectivity index (χ1n) is 4.65. The van der Waals surface area contributed by atoms with Gasteiger partial charge in [0, 0.05) is 13.5 Å². The minimum absolute atomic E-state index is 0.204. The second kappa shape index (κ2) is 5.40. The Morgan fingerprint density at radius 1 is 1.40 bits per heavy atom. The number of rotatable bonds is 3. The van der Waals surface area contributed by atoms with E-state index in [-0.39, 0.29) is 5.95 Å². The summed E-state index contributed by atoms with van der Waals surface area (Å²) in [5.74, 6) is 1.26. The van der Waals surface area contributed by atoms with Crippen molar-refractivity contribution in [1.29, 1.82) is 0 Å². The molecule has 1 rings (SSSR count). The molecule has 0 fully saturated rings. The molecule has 0 unspecified atom stereocenters. The predicted octanol–water partition coefficient (Wildman–Crippen LogP) is 0.322. The summed E-state index contributed by atoms with van der Waals surface area (Å²) in [7, 11) is 1.72. The molecular formula is C8H14N6S. The summed E-state index contributed by atoms with van der Waals surface area (Å²) in [4.78, 5) is 12.1. The number of nitrogens with two attached hydrogens (primary N) is 1. The van der Waals surface area contributed by atoms with Crippen LogP contribution in [0.2, 0.25) is 0 Å². The highest BCUT2D eigenvalue weighted by Crippen LogP contribution is 2.04. The lowest BCUT2D eigenvalue weighted by Gasteiger charge is -2.06. The number of aromatic nitrogens is 3. The molecule has 0 bridgehead atoms. The van der Waals surface area contributed by atoms with Crippen LogP contribution in [0.1, 0.15) is 19.2 Å². The van der Waals surface area contributed by atoms with E-state index in [2.05, 4.69) is 25.6 Å². The van der Waals surface area contributed by atoms with Crippen molar-refractivity contribution in [2.45, 2.75) is 19.8 Å². The molecule has 1 heterocycles. The van der Waals surface area contributed by atoms with Gasteiger partial charge in [0.25, 0.3) is 0 Å². The number of hydrogen-bond acceptors (Lipinski definition) is 5. The van der Waals surface area contributed by atoms with Crippen LogP contribution in [0.4, 0.5) is 11.9 Å². The lowest BCUT2D eigenvalue weighted by atomic mass is 10.3. The van der Waals surface area contributed by atoms with Gasteiger partial charge in [-0.3, -0.25) is 0 Å². The Balaban J connectivity index is 2.83. The molecule has 15 heavy (non-hydrogen) atoms. The Morgan fingerprint density at radius 2 is 2.13 bits per heavy atom. The molecule has 0 saturated carbocycles. The topological polar surface area (TPSA) is 88.8 Å². The quantitative estimate of drug-likeness (QED) is 0.640. The van der Waals surface area contributed by atoms with Crippen LogP contribution in [0.5, 0.6) is 0 Å². The standard InChI is InChI=1S/C8H14N6S/c1-3-4-5-11-6(9)13-7(12-5)14-8(15)10-2/h3-4H2,1-2H3,(H4,9,10,11,12,13,14,15). The first-order valence-corrected chi connectivity index (χ1v) is 5.05. The molecule has 4 N–H and O–H groups in total. The molecule has 82 valence electrons. The van der Waals surface area contributed by atoms with E-state index in [9.17, 15) is 0 Å². The zero-order chi connectivity index (χ0) is 11.3. The van der Waals surface area contributed by atoms with Gasteiger partial charge >= 0.3 is 0 Å². The molecule has 0 aliphatic carbocycles. The molecule has 1 aromatic rings. The number of anilines is 2. The summed E-state index contributed by atoms with van der Waals surface area (Å²) in [6.07, 6.45) is 1.73. The van der Waals surface area contributed by atoms with Crippen LogP contribution in [-0.4, -0.2) is 27.1 Å². The maximum absolute atomic E-state index is 5.54. The number of nitrogens with one attached hydrogen (secondary N) is 2. The Kier molecular flexibility index (Phi) is 4.17. The van der Waals surface area contributed by atoms with Crippen LogP contribution in [0.3, 0.4) is 0 Å².